The minimum Gasteiger partial charge on any atom is -0.459 e. The molecule has 0 atom stereocenters. The van der Waals surface area contributed by atoms with Crippen LogP contribution in [0.25, 0.3) is 16.5 Å². The van der Waals surface area contributed by atoms with Gasteiger partial charge in [0.2, 0.25) is 11.0 Å². The van der Waals surface area contributed by atoms with Crippen LogP contribution in [0.3, 0.4) is 0 Å². The van der Waals surface area contributed by atoms with E-state index in [9.17, 15) is 4.79 Å². The molecule has 8 nitrogen and oxygen atoms in total. The third-order valence-electron chi connectivity index (χ3n) is 4.20. The predicted octanol–water partition coefficient (Wildman–Crippen LogP) is 3.47. The van der Waals surface area contributed by atoms with E-state index in [1.165, 1.54) is 29.4 Å². The molecule has 0 spiro atoms. The third-order valence-corrected chi connectivity index (χ3v) is 5.59. The molecule has 0 amide bonds. The van der Waals surface area contributed by atoms with Crippen molar-refractivity contribution in [3.8, 4) is 10.8 Å². The minimum atomic E-state index is -0.363. The molecule has 4 rings (SSSR count). The van der Waals surface area contributed by atoms with E-state index in [4.69, 9.17) is 9.15 Å². The summed E-state index contributed by atoms with van der Waals surface area (Å²) in [6.07, 6.45) is 3.51. The standard InChI is InChI=1S/C18H17N5O3S2/c1-10-13(11(2)23-17(19-10)21-18(22-23)27-3)7-15(24)25-8-12-9-26-16(20-12)14-5-4-6-28-14/h4-6,9H,7-8H2,1-3H3. The van der Waals surface area contributed by atoms with Gasteiger partial charge in [0.15, 0.2) is 0 Å². The van der Waals surface area contributed by atoms with Gasteiger partial charge in [-0.1, -0.05) is 17.8 Å². The number of rotatable bonds is 6. The maximum Gasteiger partial charge on any atom is 0.310 e. The van der Waals surface area contributed by atoms with Crippen LogP contribution in [-0.4, -0.2) is 36.8 Å². The fraction of sp³-hybridized carbons (Fsp3) is 0.278. The summed E-state index contributed by atoms with van der Waals surface area (Å²) < 4.78 is 12.5. The Morgan fingerprint density at radius 2 is 2.18 bits per heavy atom. The fourth-order valence-electron chi connectivity index (χ4n) is 2.77. The highest BCUT2D eigenvalue weighted by Crippen LogP contribution is 2.24. The SMILES string of the molecule is CSc1nc2nc(C)c(CC(=O)OCc3coc(-c4cccs4)n3)c(C)n2n1. The minimum absolute atomic E-state index is 0.0570. The van der Waals surface area contributed by atoms with Crippen molar-refractivity contribution in [3.63, 3.8) is 0 Å². The summed E-state index contributed by atoms with van der Waals surface area (Å²) in [7, 11) is 0. The molecule has 0 aromatic carbocycles. The molecule has 0 aliphatic rings. The van der Waals surface area contributed by atoms with Crippen LogP contribution in [0.4, 0.5) is 0 Å². The number of carbonyl (C=O) groups is 1. The number of nitrogens with zero attached hydrogens (tertiary/aromatic N) is 5. The largest absolute Gasteiger partial charge is 0.459 e. The van der Waals surface area contributed by atoms with E-state index in [0.29, 0.717) is 22.5 Å². The summed E-state index contributed by atoms with van der Waals surface area (Å²) in [6.45, 7) is 3.81. The number of thiophene rings is 1. The van der Waals surface area contributed by atoms with Gasteiger partial charge in [0.05, 0.1) is 11.3 Å². The molecule has 4 aromatic rings. The Morgan fingerprint density at radius 1 is 1.32 bits per heavy atom. The highest BCUT2D eigenvalue weighted by atomic mass is 32.2. The number of esters is 1. The Kier molecular flexibility index (Phi) is 5.14. The quantitative estimate of drug-likeness (QED) is 0.349. The zero-order valence-corrected chi connectivity index (χ0v) is 17.1. The highest BCUT2D eigenvalue weighted by Gasteiger charge is 2.17. The van der Waals surface area contributed by atoms with Crippen molar-refractivity contribution < 1.29 is 13.9 Å². The first kappa shape index (κ1) is 18.6. The number of oxazole rings is 1. The van der Waals surface area contributed by atoms with Crippen molar-refractivity contribution in [2.24, 2.45) is 0 Å². The normalized spacial score (nSPS) is 11.2. The van der Waals surface area contributed by atoms with Gasteiger partial charge in [-0.15, -0.1) is 16.4 Å². The van der Waals surface area contributed by atoms with Gasteiger partial charge in [0.25, 0.3) is 5.78 Å². The van der Waals surface area contributed by atoms with Crippen molar-refractivity contribution in [2.45, 2.75) is 32.0 Å². The molecule has 10 heteroatoms. The van der Waals surface area contributed by atoms with Crippen LogP contribution in [0.5, 0.6) is 0 Å². The average Bonchev–Trinajstić information content (AvgIpc) is 3.43. The van der Waals surface area contributed by atoms with Crippen molar-refractivity contribution in [2.75, 3.05) is 6.26 Å². The first-order valence-corrected chi connectivity index (χ1v) is 10.6. The van der Waals surface area contributed by atoms with E-state index in [0.717, 1.165) is 21.8 Å². The smallest absolute Gasteiger partial charge is 0.310 e. The van der Waals surface area contributed by atoms with E-state index >= 15 is 0 Å². The van der Waals surface area contributed by atoms with Gasteiger partial charge in [0, 0.05) is 17.0 Å². The maximum absolute atomic E-state index is 12.4. The van der Waals surface area contributed by atoms with Crippen molar-refractivity contribution in [1.29, 1.82) is 0 Å². The summed E-state index contributed by atoms with van der Waals surface area (Å²) in [5.41, 5.74) is 2.92. The van der Waals surface area contributed by atoms with Crippen LogP contribution in [0.15, 0.2) is 33.3 Å². The van der Waals surface area contributed by atoms with Crippen LogP contribution in [-0.2, 0) is 22.6 Å². The molecular weight excluding hydrogens is 398 g/mol. The Balaban J connectivity index is 1.45. The van der Waals surface area contributed by atoms with Crippen LogP contribution < -0.4 is 0 Å². The third kappa shape index (κ3) is 3.65. The number of aromatic nitrogens is 5. The van der Waals surface area contributed by atoms with E-state index < -0.39 is 0 Å². The lowest BCUT2D eigenvalue weighted by Gasteiger charge is -2.09. The molecule has 0 fully saturated rings. The molecule has 0 radical (unpaired) electrons. The van der Waals surface area contributed by atoms with Gasteiger partial charge in [-0.05, 0) is 31.5 Å². The Hall–Kier alpha value is -2.72. The van der Waals surface area contributed by atoms with E-state index in [1.54, 1.807) is 4.52 Å². The Labute approximate surface area is 169 Å². The summed E-state index contributed by atoms with van der Waals surface area (Å²) in [4.78, 5) is 26.4. The van der Waals surface area contributed by atoms with Crippen molar-refractivity contribution in [3.05, 3.63) is 46.4 Å². The number of hydrogen-bond donors (Lipinski definition) is 0. The van der Waals surface area contributed by atoms with Crippen molar-refractivity contribution in [1.82, 2.24) is 24.6 Å². The molecule has 0 saturated carbocycles. The molecule has 28 heavy (non-hydrogen) atoms. The fourth-order valence-corrected chi connectivity index (χ4v) is 3.76. The van der Waals surface area contributed by atoms with Gasteiger partial charge in [-0.3, -0.25) is 4.79 Å². The van der Waals surface area contributed by atoms with E-state index in [1.807, 2.05) is 37.6 Å². The molecule has 0 aliphatic heterocycles. The predicted molar refractivity (Wildman–Crippen MR) is 105 cm³/mol. The second-order valence-electron chi connectivity index (χ2n) is 6.03. The number of ether oxygens (including phenoxy) is 1. The van der Waals surface area contributed by atoms with Gasteiger partial charge in [-0.2, -0.15) is 4.98 Å². The van der Waals surface area contributed by atoms with Gasteiger partial charge >= 0.3 is 5.97 Å². The number of fused-ring (bicyclic) bond motifs is 1. The Morgan fingerprint density at radius 3 is 2.93 bits per heavy atom. The second kappa shape index (κ2) is 7.72. The molecule has 144 valence electrons. The average molecular weight is 416 g/mol. The summed E-state index contributed by atoms with van der Waals surface area (Å²) in [5.74, 6) is 0.691. The van der Waals surface area contributed by atoms with Gasteiger partial charge in [0.1, 0.15) is 18.6 Å². The number of hydrogen-bond acceptors (Lipinski definition) is 9. The van der Waals surface area contributed by atoms with Gasteiger partial charge in [-0.25, -0.2) is 14.5 Å². The van der Waals surface area contributed by atoms with Crippen LogP contribution >= 0.6 is 23.1 Å². The molecule has 4 heterocycles. The lowest BCUT2D eigenvalue weighted by molar-refractivity contribution is -0.144. The zero-order valence-electron chi connectivity index (χ0n) is 15.5. The summed E-state index contributed by atoms with van der Waals surface area (Å²) in [5, 5.41) is 6.98. The number of thioether (sulfide) groups is 1. The molecule has 0 unspecified atom stereocenters. The van der Waals surface area contributed by atoms with Gasteiger partial charge < -0.3 is 9.15 Å². The topological polar surface area (TPSA) is 95.4 Å². The molecule has 0 N–H and O–H groups in total. The summed E-state index contributed by atoms with van der Waals surface area (Å²) in [6, 6.07) is 3.85. The van der Waals surface area contributed by atoms with Crippen LogP contribution in [0.2, 0.25) is 0 Å². The summed E-state index contributed by atoms with van der Waals surface area (Å²) >= 11 is 2.98. The molecule has 0 bridgehead atoms. The van der Waals surface area contributed by atoms with E-state index in [2.05, 4.69) is 20.1 Å². The molecule has 0 aliphatic carbocycles. The molecule has 0 saturated heterocycles. The lowest BCUT2D eigenvalue weighted by atomic mass is 10.1. The zero-order chi connectivity index (χ0) is 19.7. The van der Waals surface area contributed by atoms with Crippen molar-refractivity contribution >= 4 is 34.8 Å². The highest BCUT2D eigenvalue weighted by molar-refractivity contribution is 7.98. The first-order valence-electron chi connectivity index (χ1n) is 8.46. The Bertz CT molecular complexity index is 1130. The van der Waals surface area contributed by atoms with E-state index in [-0.39, 0.29) is 19.0 Å². The van der Waals surface area contributed by atoms with Crippen LogP contribution in [0.1, 0.15) is 22.6 Å². The maximum atomic E-state index is 12.4. The second-order valence-corrected chi connectivity index (χ2v) is 7.75. The number of carbonyl (C=O) groups excluding carboxylic acids is 1. The van der Waals surface area contributed by atoms with Crippen LogP contribution in [0, 0.1) is 13.8 Å². The molecular formula is C18H17N5O3S2. The lowest BCUT2D eigenvalue weighted by Crippen LogP contribution is -2.13. The molecule has 4 aromatic heterocycles. The number of aryl methyl sites for hydroxylation is 2. The first-order chi connectivity index (χ1) is 13.5. The monoisotopic (exact) mass is 415 g/mol.